The van der Waals surface area contributed by atoms with Crippen molar-refractivity contribution in [3.63, 3.8) is 0 Å². The number of unbranched alkanes of at least 4 members (excludes halogenated alkanes) is 7. The number of piperazine rings is 1. The summed E-state index contributed by atoms with van der Waals surface area (Å²) in [5.74, 6) is 1.11. The lowest BCUT2D eigenvalue weighted by Gasteiger charge is -2.34. The second-order valence-electron chi connectivity index (χ2n) is 10.1. The van der Waals surface area contributed by atoms with Crippen molar-refractivity contribution >= 4 is 30.7 Å². The molecule has 2 aromatic carbocycles. The number of ether oxygens (including phenoxy) is 1. The maximum atomic E-state index is 12.4. The highest BCUT2D eigenvalue weighted by atomic mass is 35.5. The van der Waals surface area contributed by atoms with Gasteiger partial charge in [0.15, 0.2) is 0 Å². The summed E-state index contributed by atoms with van der Waals surface area (Å²) in [6.45, 7) is 8.84. The largest absolute Gasteiger partial charge is 0.494 e. The van der Waals surface area contributed by atoms with E-state index in [1.807, 2.05) is 72.6 Å². The number of carbonyl (C=O) groups is 1. The van der Waals surface area contributed by atoms with Gasteiger partial charge in [-0.15, -0.1) is 24.8 Å². The van der Waals surface area contributed by atoms with E-state index in [0.717, 1.165) is 50.3 Å². The number of para-hydroxylation sites is 1. The lowest BCUT2D eigenvalue weighted by atomic mass is 10.1. The molecule has 214 valence electrons. The number of carbonyl (C=O) groups excluding carboxylic acids is 1. The molecule has 0 saturated carbocycles. The molecule has 2 aromatic rings. The van der Waals surface area contributed by atoms with Crippen LogP contribution in [0.4, 0.5) is 0 Å². The van der Waals surface area contributed by atoms with Crippen LogP contribution in [0.2, 0.25) is 0 Å². The number of hydrogen-bond acceptors (Lipinski definition) is 4. The minimum atomic E-state index is 0. The van der Waals surface area contributed by atoms with Gasteiger partial charge in [0.05, 0.1) is 6.61 Å². The molecule has 0 unspecified atom stereocenters. The summed E-state index contributed by atoms with van der Waals surface area (Å²) in [5.41, 5.74) is 0.778. The molecule has 1 saturated heterocycles. The normalized spacial score (nSPS) is 13.8. The van der Waals surface area contributed by atoms with E-state index >= 15 is 0 Å². The number of nitrogens with zero attached hydrogens (tertiary/aromatic N) is 3. The SMILES string of the molecule is CN(CCCCN1CCN(CCCCCCCCCOc2ccccc2)CC1)C(=O)c1ccccc1.Cl.Cl. The Labute approximate surface area is 243 Å². The molecule has 1 aliphatic heterocycles. The van der Waals surface area contributed by atoms with Gasteiger partial charge in [-0.2, -0.15) is 0 Å². The molecule has 1 aliphatic rings. The molecule has 0 bridgehead atoms. The third-order valence-corrected chi connectivity index (χ3v) is 7.18. The number of halogens is 2. The fourth-order valence-corrected chi connectivity index (χ4v) is 4.85. The van der Waals surface area contributed by atoms with E-state index in [9.17, 15) is 4.79 Å². The van der Waals surface area contributed by atoms with Crippen LogP contribution in [0.3, 0.4) is 0 Å². The lowest BCUT2D eigenvalue weighted by molar-refractivity contribution is 0.0789. The number of hydrogen-bond donors (Lipinski definition) is 0. The van der Waals surface area contributed by atoms with Gasteiger partial charge < -0.3 is 19.4 Å². The first-order valence-corrected chi connectivity index (χ1v) is 14.2. The van der Waals surface area contributed by atoms with Gasteiger partial charge in [0, 0.05) is 45.3 Å². The zero-order valence-electron chi connectivity index (χ0n) is 23.3. The summed E-state index contributed by atoms with van der Waals surface area (Å²) < 4.78 is 5.76. The van der Waals surface area contributed by atoms with Gasteiger partial charge in [0.25, 0.3) is 5.91 Å². The fraction of sp³-hybridized carbons (Fsp3) is 0.581. The minimum absolute atomic E-state index is 0. The molecule has 0 aromatic heterocycles. The van der Waals surface area contributed by atoms with Crippen molar-refractivity contribution in [2.45, 2.75) is 57.8 Å². The number of benzene rings is 2. The average molecular weight is 567 g/mol. The first kappa shape index (κ1) is 34.2. The van der Waals surface area contributed by atoms with Crippen molar-refractivity contribution in [1.82, 2.24) is 14.7 Å². The van der Waals surface area contributed by atoms with E-state index in [1.54, 1.807) is 0 Å². The van der Waals surface area contributed by atoms with Crippen LogP contribution >= 0.6 is 24.8 Å². The quantitative estimate of drug-likeness (QED) is 0.197. The van der Waals surface area contributed by atoms with Crippen LogP contribution in [0.15, 0.2) is 60.7 Å². The molecule has 0 atom stereocenters. The Morgan fingerprint density at radius 1 is 0.684 bits per heavy atom. The Bertz CT molecular complexity index is 834. The molecule has 3 rings (SSSR count). The Morgan fingerprint density at radius 2 is 1.16 bits per heavy atom. The second kappa shape index (κ2) is 21.1. The van der Waals surface area contributed by atoms with Crippen LogP contribution in [0.25, 0.3) is 0 Å². The molecule has 0 spiro atoms. The first-order chi connectivity index (χ1) is 17.7. The van der Waals surface area contributed by atoms with Crippen molar-refractivity contribution in [3.05, 3.63) is 66.2 Å². The predicted molar refractivity (Wildman–Crippen MR) is 164 cm³/mol. The molecule has 1 fully saturated rings. The van der Waals surface area contributed by atoms with Crippen molar-refractivity contribution in [2.75, 3.05) is 59.5 Å². The van der Waals surface area contributed by atoms with Gasteiger partial charge in [0.2, 0.25) is 0 Å². The zero-order valence-corrected chi connectivity index (χ0v) is 24.9. The van der Waals surface area contributed by atoms with Gasteiger partial charge in [0.1, 0.15) is 5.75 Å². The maximum absolute atomic E-state index is 12.4. The smallest absolute Gasteiger partial charge is 0.253 e. The highest BCUT2D eigenvalue weighted by molar-refractivity contribution is 5.93. The van der Waals surface area contributed by atoms with Crippen LogP contribution in [0.1, 0.15) is 68.1 Å². The topological polar surface area (TPSA) is 36.0 Å². The first-order valence-electron chi connectivity index (χ1n) is 14.2. The monoisotopic (exact) mass is 565 g/mol. The van der Waals surface area contributed by atoms with Gasteiger partial charge in [-0.25, -0.2) is 0 Å². The van der Waals surface area contributed by atoms with Crippen LogP contribution in [-0.4, -0.2) is 80.1 Å². The third kappa shape index (κ3) is 13.8. The Balaban J connectivity index is 0.00000361. The Morgan fingerprint density at radius 3 is 1.74 bits per heavy atom. The summed E-state index contributed by atoms with van der Waals surface area (Å²) in [6, 6.07) is 19.7. The molecular formula is C31H49Cl2N3O2. The third-order valence-electron chi connectivity index (χ3n) is 7.18. The van der Waals surface area contributed by atoms with E-state index in [1.165, 1.54) is 71.2 Å². The van der Waals surface area contributed by atoms with E-state index in [0.29, 0.717) is 0 Å². The predicted octanol–water partition coefficient (Wildman–Crippen LogP) is 6.81. The highest BCUT2D eigenvalue weighted by Gasteiger charge is 2.16. The highest BCUT2D eigenvalue weighted by Crippen LogP contribution is 2.12. The summed E-state index contributed by atoms with van der Waals surface area (Å²) in [6.07, 6.45) is 11.4. The van der Waals surface area contributed by atoms with E-state index in [4.69, 9.17) is 4.74 Å². The average Bonchev–Trinajstić information content (AvgIpc) is 2.93. The van der Waals surface area contributed by atoms with Gasteiger partial charge in [-0.3, -0.25) is 4.79 Å². The second-order valence-corrected chi connectivity index (χ2v) is 10.1. The Kier molecular flexibility index (Phi) is 19.0. The lowest BCUT2D eigenvalue weighted by Crippen LogP contribution is -2.46. The molecule has 38 heavy (non-hydrogen) atoms. The fourth-order valence-electron chi connectivity index (χ4n) is 4.85. The Hall–Kier alpha value is -1.79. The van der Waals surface area contributed by atoms with E-state index in [2.05, 4.69) is 9.80 Å². The van der Waals surface area contributed by atoms with Gasteiger partial charge in [-0.1, -0.05) is 68.5 Å². The van der Waals surface area contributed by atoms with E-state index in [-0.39, 0.29) is 30.7 Å². The molecule has 1 amide bonds. The van der Waals surface area contributed by atoms with Crippen molar-refractivity contribution in [3.8, 4) is 5.75 Å². The molecule has 0 N–H and O–H groups in total. The van der Waals surface area contributed by atoms with Crippen molar-refractivity contribution < 1.29 is 9.53 Å². The van der Waals surface area contributed by atoms with Crippen molar-refractivity contribution in [1.29, 1.82) is 0 Å². The van der Waals surface area contributed by atoms with Crippen LogP contribution in [-0.2, 0) is 0 Å². The van der Waals surface area contributed by atoms with Crippen molar-refractivity contribution in [2.24, 2.45) is 0 Å². The summed E-state index contributed by atoms with van der Waals surface area (Å²) >= 11 is 0. The molecule has 5 nitrogen and oxygen atoms in total. The van der Waals surface area contributed by atoms with Crippen LogP contribution in [0, 0.1) is 0 Å². The van der Waals surface area contributed by atoms with Gasteiger partial charge >= 0.3 is 0 Å². The zero-order chi connectivity index (χ0) is 25.3. The molecule has 0 aliphatic carbocycles. The number of rotatable bonds is 17. The summed E-state index contributed by atoms with van der Waals surface area (Å²) in [4.78, 5) is 19.5. The molecule has 0 radical (unpaired) electrons. The summed E-state index contributed by atoms with van der Waals surface area (Å²) in [7, 11) is 1.91. The van der Waals surface area contributed by atoms with Crippen LogP contribution < -0.4 is 4.74 Å². The van der Waals surface area contributed by atoms with E-state index < -0.39 is 0 Å². The molecule has 7 heteroatoms. The van der Waals surface area contributed by atoms with Gasteiger partial charge in [-0.05, 0) is 63.0 Å². The maximum Gasteiger partial charge on any atom is 0.253 e. The molecular weight excluding hydrogens is 517 g/mol. The summed E-state index contributed by atoms with van der Waals surface area (Å²) in [5, 5.41) is 0. The number of amides is 1. The van der Waals surface area contributed by atoms with Crippen LogP contribution in [0.5, 0.6) is 5.75 Å². The minimum Gasteiger partial charge on any atom is -0.494 e. The molecule has 1 heterocycles. The standard InChI is InChI=1S/C31H47N3O2.2ClH/c1-32(31(35)29-17-9-7-10-18-29)21-14-15-23-34-26-24-33(25-27-34)22-13-5-3-2-4-6-16-28-36-30-19-11-8-12-20-30;;/h7-12,17-20H,2-6,13-16,21-28H2,1H3;2*1H.